The van der Waals surface area contributed by atoms with E-state index < -0.39 is 0 Å². The van der Waals surface area contributed by atoms with E-state index in [4.69, 9.17) is 0 Å². The topological polar surface area (TPSA) is 41.1 Å². The standard InChI is InChI=1S/C13H28N2O/c1-6-7-8-9-11(2)15-10-13(3,4)12(16)14-5/h11,15H,6-10H2,1-5H3,(H,14,16). The second kappa shape index (κ2) is 7.66. The van der Waals surface area contributed by atoms with Gasteiger partial charge in [0.15, 0.2) is 0 Å². The van der Waals surface area contributed by atoms with E-state index in [-0.39, 0.29) is 11.3 Å². The first kappa shape index (κ1) is 15.4. The maximum absolute atomic E-state index is 11.6. The van der Waals surface area contributed by atoms with Gasteiger partial charge in [-0.1, -0.05) is 26.2 Å². The molecule has 96 valence electrons. The lowest BCUT2D eigenvalue weighted by molar-refractivity contribution is -0.128. The molecule has 3 nitrogen and oxygen atoms in total. The highest BCUT2D eigenvalue weighted by molar-refractivity contribution is 5.81. The maximum atomic E-state index is 11.6. The van der Waals surface area contributed by atoms with Crippen LogP contribution in [0.5, 0.6) is 0 Å². The molecule has 1 atom stereocenters. The van der Waals surface area contributed by atoms with Crippen LogP contribution < -0.4 is 10.6 Å². The monoisotopic (exact) mass is 228 g/mol. The van der Waals surface area contributed by atoms with Crippen LogP contribution in [0.1, 0.15) is 53.4 Å². The van der Waals surface area contributed by atoms with Crippen molar-refractivity contribution in [1.29, 1.82) is 0 Å². The fourth-order valence-electron chi connectivity index (χ4n) is 1.65. The van der Waals surface area contributed by atoms with Crippen molar-refractivity contribution in [2.24, 2.45) is 5.41 Å². The molecular formula is C13H28N2O. The molecule has 0 aromatic heterocycles. The van der Waals surface area contributed by atoms with Gasteiger partial charge in [0.2, 0.25) is 5.91 Å². The molecule has 0 rings (SSSR count). The van der Waals surface area contributed by atoms with Crippen LogP contribution in [0, 0.1) is 5.41 Å². The maximum Gasteiger partial charge on any atom is 0.226 e. The summed E-state index contributed by atoms with van der Waals surface area (Å²) in [4.78, 5) is 11.6. The number of hydrogen-bond donors (Lipinski definition) is 2. The molecule has 0 saturated carbocycles. The minimum absolute atomic E-state index is 0.0979. The van der Waals surface area contributed by atoms with Crippen molar-refractivity contribution >= 4 is 5.91 Å². The van der Waals surface area contributed by atoms with Crippen LogP contribution in [-0.4, -0.2) is 25.5 Å². The minimum Gasteiger partial charge on any atom is -0.359 e. The first-order chi connectivity index (χ1) is 7.44. The van der Waals surface area contributed by atoms with Crippen LogP contribution in [0.2, 0.25) is 0 Å². The van der Waals surface area contributed by atoms with Crippen molar-refractivity contribution in [2.45, 2.75) is 59.4 Å². The van der Waals surface area contributed by atoms with E-state index in [1.165, 1.54) is 25.7 Å². The van der Waals surface area contributed by atoms with Gasteiger partial charge in [0.1, 0.15) is 0 Å². The van der Waals surface area contributed by atoms with Gasteiger partial charge in [0.05, 0.1) is 5.41 Å². The Morgan fingerprint density at radius 2 is 1.94 bits per heavy atom. The third-order valence-electron chi connectivity index (χ3n) is 2.97. The van der Waals surface area contributed by atoms with Gasteiger partial charge < -0.3 is 10.6 Å². The molecule has 0 radical (unpaired) electrons. The number of carbonyl (C=O) groups excluding carboxylic acids is 1. The Balaban J connectivity index is 3.81. The van der Waals surface area contributed by atoms with Gasteiger partial charge in [0, 0.05) is 19.6 Å². The van der Waals surface area contributed by atoms with Gasteiger partial charge in [-0.3, -0.25) is 4.79 Å². The zero-order valence-corrected chi connectivity index (χ0v) is 11.5. The summed E-state index contributed by atoms with van der Waals surface area (Å²) in [5.41, 5.74) is -0.326. The Kier molecular flexibility index (Phi) is 7.39. The van der Waals surface area contributed by atoms with Crippen molar-refractivity contribution in [3.8, 4) is 0 Å². The molecule has 0 saturated heterocycles. The molecule has 0 spiro atoms. The number of nitrogens with one attached hydrogen (secondary N) is 2. The van der Waals surface area contributed by atoms with E-state index in [2.05, 4.69) is 24.5 Å². The van der Waals surface area contributed by atoms with Crippen molar-refractivity contribution in [3.05, 3.63) is 0 Å². The fraction of sp³-hybridized carbons (Fsp3) is 0.923. The molecule has 1 unspecified atom stereocenters. The molecule has 0 fully saturated rings. The predicted molar refractivity (Wildman–Crippen MR) is 69.5 cm³/mol. The van der Waals surface area contributed by atoms with Crippen molar-refractivity contribution in [3.63, 3.8) is 0 Å². The fourth-order valence-corrected chi connectivity index (χ4v) is 1.65. The average molecular weight is 228 g/mol. The highest BCUT2D eigenvalue weighted by Crippen LogP contribution is 2.14. The van der Waals surface area contributed by atoms with Gasteiger partial charge in [-0.25, -0.2) is 0 Å². The Morgan fingerprint density at radius 3 is 2.44 bits per heavy atom. The van der Waals surface area contributed by atoms with Gasteiger partial charge in [-0.2, -0.15) is 0 Å². The van der Waals surface area contributed by atoms with Crippen molar-refractivity contribution in [2.75, 3.05) is 13.6 Å². The Hall–Kier alpha value is -0.570. The molecule has 0 aromatic rings. The number of unbranched alkanes of at least 4 members (excludes halogenated alkanes) is 2. The third-order valence-corrected chi connectivity index (χ3v) is 2.97. The molecule has 1 amide bonds. The van der Waals surface area contributed by atoms with Crippen LogP contribution in [0.15, 0.2) is 0 Å². The van der Waals surface area contributed by atoms with Crippen LogP contribution in [0.25, 0.3) is 0 Å². The zero-order chi connectivity index (χ0) is 12.6. The second-order valence-corrected chi connectivity index (χ2v) is 5.24. The first-order valence-corrected chi connectivity index (χ1v) is 6.39. The zero-order valence-electron chi connectivity index (χ0n) is 11.5. The first-order valence-electron chi connectivity index (χ1n) is 6.39. The quantitative estimate of drug-likeness (QED) is 0.626. The Bertz CT molecular complexity index is 202. The second-order valence-electron chi connectivity index (χ2n) is 5.24. The van der Waals surface area contributed by atoms with E-state index in [9.17, 15) is 4.79 Å². The van der Waals surface area contributed by atoms with E-state index >= 15 is 0 Å². The molecule has 0 bridgehead atoms. The molecular weight excluding hydrogens is 200 g/mol. The summed E-state index contributed by atoms with van der Waals surface area (Å²) < 4.78 is 0. The molecule has 0 aliphatic heterocycles. The molecule has 0 aromatic carbocycles. The third kappa shape index (κ3) is 6.11. The molecule has 0 aliphatic rings. The van der Waals surface area contributed by atoms with E-state index in [0.29, 0.717) is 6.04 Å². The lowest BCUT2D eigenvalue weighted by atomic mass is 9.92. The van der Waals surface area contributed by atoms with Crippen LogP contribution in [0.4, 0.5) is 0 Å². The molecule has 16 heavy (non-hydrogen) atoms. The van der Waals surface area contributed by atoms with Crippen LogP contribution in [-0.2, 0) is 4.79 Å². The summed E-state index contributed by atoms with van der Waals surface area (Å²) in [5.74, 6) is 0.0979. The van der Waals surface area contributed by atoms with Gasteiger partial charge >= 0.3 is 0 Å². The van der Waals surface area contributed by atoms with Gasteiger partial charge in [-0.15, -0.1) is 0 Å². The number of carbonyl (C=O) groups is 1. The number of amides is 1. The summed E-state index contributed by atoms with van der Waals surface area (Å²) in [6.45, 7) is 9.08. The van der Waals surface area contributed by atoms with Crippen LogP contribution in [0.3, 0.4) is 0 Å². The molecule has 0 aliphatic carbocycles. The van der Waals surface area contributed by atoms with Gasteiger partial charge in [-0.05, 0) is 27.2 Å². The Morgan fingerprint density at radius 1 is 1.31 bits per heavy atom. The molecule has 3 heteroatoms. The normalized spacial score (nSPS) is 13.6. The SMILES string of the molecule is CCCCCC(C)NCC(C)(C)C(=O)NC. The summed E-state index contributed by atoms with van der Waals surface area (Å²) in [6.07, 6.45) is 5.02. The highest BCUT2D eigenvalue weighted by atomic mass is 16.2. The summed E-state index contributed by atoms with van der Waals surface area (Å²) in [7, 11) is 1.69. The molecule has 0 heterocycles. The van der Waals surface area contributed by atoms with Crippen molar-refractivity contribution in [1.82, 2.24) is 10.6 Å². The van der Waals surface area contributed by atoms with E-state index in [1.807, 2.05) is 13.8 Å². The lowest BCUT2D eigenvalue weighted by Crippen LogP contribution is -2.44. The molecule has 2 N–H and O–H groups in total. The lowest BCUT2D eigenvalue weighted by Gasteiger charge is -2.25. The largest absolute Gasteiger partial charge is 0.359 e. The summed E-state index contributed by atoms with van der Waals surface area (Å²) in [6, 6.07) is 0.496. The highest BCUT2D eigenvalue weighted by Gasteiger charge is 2.26. The van der Waals surface area contributed by atoms with E-state index in [0.717, 1.165) is 6.54 Å². The summed E-state index contributed by atoms with van der Waals surface area (Å²) >= 11 is 0. The number of rotatable bonds is 8. The van der Waals surface area contributed by atoms with Crippen LogP contribution >= 0.6 is 0 Å². The number of hydrogen-bond acceptors (Lipinski definition) is 2. The van der Waals surface area contributed by atoms with Gasteiger partial charge in [0.25, 0.3) is 0 Å². The predicted octanol–water partition coefficient (Wildman–Crippen LogP) is 2.32. The smallest absolute Gasteiger partial charge is 0.226 e. The Labute approximate surface area is 100 Å². The summed E-state index contributed by atoms with van der Waals surface area (Å²) in [5, 5.41) is 6.14. The van der Waals surface area contributed by atoms with Crippen molar-refractivity contribution < 1.29 is 4.79 Å². The minimum atomic E-state index is -0.326. The average Bonchev–Trinajstić information content (AvgIpc) is 2.25. The van der Waals surface area contributed by atoms with E-state index in [1.54, 1.807) is 7.05 Å².